The molecule has 0 N–H and O–H groups in total. The molecule has 0 aliphatic heterocycles. The van der Waals surface area contributed by atoms with Gasteiger partial charge in [0.15, 0.2) is 0 Å². The van der Waals surface area contributed by atoms with Crippen LogP contribution in [-0.2, 0) is 4.79 Å². The van der Waals surface area contributed by atoms with Crippen molar-refractivity contribution in [2.45, 2.75) is 38.0 Å². The van der Waals surface area contributed by atoms with Crippen LogP contribution in [0.2, 0.25) is 0 Å². The lowest BCUT2D eigenvalue weighted by molar-refractivity contribution is -0.136. The second kappa shape index (κ2) is 4.85. The van der Waals surface area contributed by atoms with Crippen molar-refractivity contribution in [2.75, 3.05) is 13.6 Å². The van der Waals surface area contributed by atoms with E-state index < -0.39 is 0 Å². The lowest BCUT2D eigenvalue weighted by Crippen LogP contribution is -2.37. The van der Waals surface area contributed by atoms with Crippen molar-refractivity contribution in [2.24, 2.45) is 5.92 Å². The van der Waals surface area contributed by atoms with Crippen LogP contribution in [0.1, 0.15) is 32.6 Å². The van der Waals surface area contributed by atoms with Crippen LogP contribution in [0.3, 0.4) is 0 Å². The Morgan fingerprint density at radius 1 is 1.62 bits per heavy atom. The summed E-state index contributed by atoms with van der Waals surface area (Å²) in [5.41, 5.74) is 0. The predicted octanol–water partition coefficient (Wildman–Crippen LogP) is 2.26. The molecule has 76 valence electrons. The van der Waals surface area contributed by atoms with Crippen molar-refractivity contribution >= 4 is 17.5 Å². The summed E-state index contributed by atoms with van der Waals surface area (Å²) in [6, 6.07) is 0. The maximum Gasteiger partial charge on any atom is 0.225 e. The van der Waals surface area contributed by atoms with Gasteiger partial charge in [-0.05, 0) is 26.2 Å². The number of amides is 1. The smallest absolute Gasteiger partial charge is 0.225 e. The van der Waals surface area contributed by atoms with Gasteiger partial charge in [-0.2, -0.15) is 0 Å². The summed E-state index contributed by atoms with van der Waals surface area (Å²) in [6.45, 7) is 2.75. The number of carbonyl (C=O) groups excluding carboxylic acids is 1. The Bertz CT molecular complexity index is 178. The molecular formula is C10H18ClNO. The van der Waals surface area contributed by atoms with Gasteiger partial charge in [0.1, 0.15) is 0 Å². The van der Waals surface area contributed by atoms with E-state index in [4.69, 9.17) is 11.6 Å². The number of hydrogen-bond donors (Lipinski definition) is 0. The molecule has 1 atom stereocenters. The van der Waals surface area contributed by atoms with E-state index in [-0.39, 0.29) is 5.38 Å². The fraction of sp³-hybridized carbons (Fsp3) is 0.900. The minimum Gasteiger partial charge on any atom is -0.345 e. The third-order valence-corrected chi connectivity index (χ3v) is 2.91. The zero-order valence-electron chi connectivity index (χ0n) is 8.42. The molecule has 3 heteroatoms. The molecule has 2 nitrogen and oxygen atoms in total. The van der Waals surface area contributed by atoms with Crippen LogP contribution in [-0.4, -0.2) is 29.8 Å². The van der Waals surface area contributed by atoms with Gasteiger partial charge < -0.3 is 4.90 Å². The first-order valence-corrected chi connectivity index (χ1v) is 5.44. The molecule has 1 amide bonds. The molecule has 1 fully saturated rings. The first-order chi connectivity index (χ1) is 6.11. The van der Waals surface area contributed by atoms with E-state index in [9.17, 15) is 4.79 Å². The Kier molecular flexibility index (Phi) is 4.04. The average molecular weight is 204 g/mol. The lowest BCUT2D eigenvalue weighted by atomic mass is 9.84. The molecule has 1 unspecified atom stereocenters. The summed E-state index contributed by atoms with van der Waals surface area (Å²) in [4.78, 5) is 13.4. The van der Waals surface area contributed by atoms with Gasteiger partial charge in [-0.25, -0.2) is 0 Å². The normalized spacial score (nSPS) is 19.3. The molecular weight excluding hydrogens is 186 g/mol. The number of nitrogens with zero attached hydrogens (tertiary/aromatic N) is 1. The number of carbonyl (C=O) groups is 1. The predicted molar refractivity (Wildman–Crippen MR) is 54.9 cm³/mol. The quantitative estimate of drug-likeness (QED) is 0.642. The van der Waals surface area contributed by atoms with Gasteiger partial charge in [0.2, 0.25) is 5.91 Å². The Morgan fingerprint density at radius 3 is 2.62 bits per heavy atom. The van der Waals surface area contributed by atoms with Crippen LogP contribution in [0.15, 0.2) is 0 Å². The largest absolute Gasteiger partial charge is 0.345 e. The summed E-state index contributed by atoms with van der Waals surface area (Å²) in [6.07, 6.45) is 4.27. The standard InChI is InChI=1S/C10H18ClNO/c1-8(11)6-7-12(2)10(13)9-4-3-5-9/h8-9H,3-7H2,1-2H3. The number of halogens is 1. The summed E-state index contributed by atoms with van der Waals surface area (Å²) in [7, 11) is 1.87. The zero-order valence-corrected chi connectivity index (χ0v) is 9.18. The second-order valence-electron chi connectivity index (χ2n) is 3.96. The minimum atomic E-state index is 0.164. The highest BCUT2D eigenvalue weighted by Crippen LogP contribution is 2.27. The number of hydrogen-bond acceptors (Lipinski definition) is 1. The van der Waals surface area contributed by atoms with E-state index in [0.29, 0.717) is 11.8 Å². The van der Waals surface area contributed by atoms with Crippen molar-refractivity contribution < 1.29 is 4.79 Å². The van der Waals surface area contributed by atoms with Crippen LogP contribution in [0.25, 0.3) is 0 Å². The van der Waals surface area contributed by atoms with Crippen molar-refractivity contribution in [1.82, 2.24) is 4.90 Å². The van der Waals surface area contributed by atoms with E-state index in [1.54, 1.807) is 0 Å². The molecule has 0 heterocycles. The fourth-order valence-corrected chi connectivity index (χ4v) is 1.55. The summed E-state index contributed by atoms with van der Waals surface area (Å²) in [5.74, 6) is 0.624. The fourth-order valence-electron chi connectivity index (χ4n) is 1.45. The zero-order chi connectivity index (χ0) is 9.84. The van der Waals surface area contributed by atoms with Gasteiger partial charge in [-0.3, -0.25) is 4.79 Å². The summed E-state index contributed by atoms with van der Waals surface area (Å²) in [5, 5.41) is 0.164. The Balaban J connectivity index is 2.21. The maximum atomic E-state index is 11.6. The SMILES string of the molecule is CC(Cl)CCN(C)C(=O)C1CCC1. The van der Waals surface area contributed by atoms with Crippen LogP contribution in [0.5, 0.6) is 0 Å². The first kappa shape index (κ1) is 10.8. The Hall–Kier alpha value is -0.240. The maximum absolute atomic E-state index is 11.6. The molecule has 1 rings (SSSR count). The van der Waals surface area contributed by atoms with Gasteiger partial charge >= 0.3 is 0 Å². The molecule has 0 radical (unpaired) electrons. The average Bonchev–Trinajstić information content (AvgIpc) is 1.96. The number of alkyl halides is 1. The highest BCUT2D eigenvalue weighted by Gasteiger charge is 2.27. The van der Waals surface area contributed by atoms with E-state index in [1.165, 1.54) is 6.42 Å². The second-order valence-corrected chi connectivity index (χ2v) is 4.70. The van der Waals surface area contributed by atoms with Gasteiger partial charge in [0, 0.05) is 24.9 Å². The molecule has 0 spiro atoms. The molecule has 0 aromatic rings. The topological polar surface area (TPSA) is 20.3 Å². The van der Waals surface area contributed by atoms with Crippen molar-refractivity contribution in [3.05, 3.63) is 0 Å². The molecule has 1 aliphatic rings. The van der Waals surface area contributed by atoms with Crippen LogP contribution >= 0.6 is 11.6 Å². The van der Waals surface area contributed by atoms with Crippen molar-refractivity contribution in [3.63, 3.8) is 0 Å². The molecule has 0 saturated heterocycles. The number of rotatable bonds is 4. The van der Waals surface area contributed by atoms with Crippen molar-refractivity contribution in [1.29, 1.82) is 0 Å². The molecule has 13 heavy (non-hydrogen) atoms. The molecule has 1 saturated carbocycles. The van der Waals surface area contributed by atoms with Gasteiger partial charge in [0.25, 0.3) is 0 Å². The molecule has 1 aliphatic carbocycles. The van der Waals surface area contributed by atoms with Crippen LogP contribution in [0, 0.1) is 5.92 Å². The van der Waals surface area contributed by atoms with Crippen molar-refractivity contribution in [3.8, 4) is 0 Å². The highest BCUT2D eigenvalue weighted by molar-refractivity contribution is 6.20. The third kappa shape index (κ3) is 3.18. The van der Waals surface area contributed by atoms with Gasteiger partial charge in [-0.15, -0.1) is 11.6 Å². The third-order valence-electron chi connectivity index (χ3n) is 2.69. The molecule has 0 bridgehead atoms. The monoisotopic (exact) mass is 203 g/mol. The first-order valence-electron chi connectivity index (χ1n) is 5.00. The van der Waals surface area contributed by atoms with E-state index in [2.05, 4.69) is 0 Å². The van der Waals surface area contributed by atoms with Crippen LogP contribution < -0.4 is 0 Å². The van der Waals surface area contributed by atoms with Gasteiger partial charge in [0.05, 0.1) is 0 Å². The Labute approximate surface area is 85.2 Å². The Morgan fingerprint density at radius 2 is 2.23 bits per heavy atom. The highest BCUT2D eigenvalue weighted by atomic mass is 35.5. The van der Waals surface area contributed by atoms with Crippen LogP contribution in [0.4, 0.5) is 0 Å². The molecule has 0 aromatic carbocycles. The lowest BCUT2D eigenvalue weighted by Gasteiger charge is -2.29. The van der Waals surface area contributed by atoms with E-state index in [1.807, 2.05) is 18.9 Å². The summed E-state index contributed by atoms with van der Waals surface area (Å²) >= 11 is 5.82. The van der Waals surface area contributed by atoms with E-state index >= 15 is 0 Å². The summed E-state index contributed by atoms with van der Waals surface area (Å²) < 4.78 is 0. The minimum absolute atomic E-state index is 0.164. The van der Waals surface area contributed by atoms with E-state index in [0.717, 1.165) is 25.8 Å². The molecule has 0 aromatic heterocycles. The van der Waals surface area contributed by atoms with Gasteiger partial charge in [-0.1, -0.05) is 6.42 Å².